The number of anilines is 3. The summed E-state index contributed by atoms with van der Waals surface area (Å²) in [6.45, 7) is 1.68. The van der Waals surface area contributed by atoms with E-state index in [9.17, 15) is 27.9 Å². The molecule has 0 aliphatic heterocycles. The van der Waals surface area contributed by atoms with Gasteiger partial charge in [0.1, 0.15) is 11.6 Å². The first-order chi connectivity index (χ1) is 16.5. The molecule has 1 aliphatic rings. The highest BCUT2D eigenvalue weighted by Crippen LogP contribution is 2.43. The Hall–Kier alpha value is -3.67. The predicted octanol–water partition coefficient (Wildman–Crippen LogP) is 4.26. The Balaban J connectivity index is 1.82. The van der Waals surface area contributed by atoms with Gasteiger partial charge in [-0.3, -0.25) is 14.3 Å². The molecule has 1 aromatic carbocycles. The number of ether oxygens (including phenoxy) is 1. The van der Waals surface area contributed by atoms with E-state index in [2.05, 4.69) is 20.7 Å². The molecular formula is C23H24F3N5O4. The maximum absolute atomic E-state index is 13.3. The molecule has 1 unspecified atom stereocenters. The number of aromatic nitrogens is 3. The summed E-state index contributed by atoms with van der Waals surface area (Å²) in [5.74, 6) is -0.353. The number of halogens is 3. The minimum atomic E-state index is -4.91. The monoisotopic (exact) mass is 491 g/mol. The smallest absolute Gasteiger partial charge is 0.418 e. The topological polar surface area (TPSA) is 118 Å². The number of fused-ring (bicyclic) bond motifs is 1. The largest absolute Gasteiger partial charge is 0.496 e. The molecule has 9 nitrogen and oxygen atoms in total. The lowest BCUT2D eigenvalue weighted by Gasteiger charge is -2.18. The number of carbonyl (C=O) groups excluding carboxylic acids is 2. The second-order valence-electron chi connectivity index (χ2n) is 8.28. The van der Waals surface area contributed by atoms with Crippen LogP contribution in [0, 0.1) is 5.92 Å². The number of nitrogens with one attached hydrogen (secondary N) is 2. The number of aryl methyl sites for hydroxylation is 1. The van der Waals surface area contributed by atoms with E-state index in [4.69, 9.17) is 4.74 Å². The van der Waals surface area contributed by atoms with Crippen LogP contribution in [0.4, 0.5) is 30.5 Å². The number of aliphatic hydroxyl groups excluding tert-OH is 1. The Morgan fingerprint density at radius 2 is 2.03 bits per heavy atom. The van der Waals surface area contributed by atoms with Gasteiger partial charge >= 0.3 is 6.18 Å². The maximum Gasteiger partial charge on any atom is 0.418 e. The molecule has 12 heteroatoms. The fourth-order valence-corrected chi connectivity index (χ4v) is 3.78. The molecule has 2 heterocycles. The van der Waals surface area contributed by atoms with E-state index in [1.165, 1.54) is 30.1 Å². The van der Waals surface area contributed by atoms with Gasteiger partial charge in [-0.1, -0.05) is 13.0 Å². The van der Waals surface area contributed by atoms with E-state index < -0.39 is 17.8 Å². The van der Waals surface area contributed by atoms with Gasteiger partial charge in [0, 0.05) is 37.2 Å². The maximum atomic E-state index is 13.3. The van der Waals surface area contributed by atoms with Gasteiger partial charge in [0.25, 0.3) is 0 Å². The minimum absolute atomic E-state index is 0.0624. The molecule has 35 heavy (non-hydrogen) atoms. The molecule has 3 aromatic rings. The van der Waals surface area contributed by atoms with Crippen molar-refractivity contribution in [1.29, 1.82) is 0 Å². The van der Waals surface area contributed by atoms with E-state index >= 15 is 0 Å². The third kappa shape index (κ3) is 4.78. The van der Waals surface area contributed by atoms with Crippen molar-refractivity contribution in [2.45, 2.75) is 38.5 Å². The van der Waals surface area contributed by atoms with Crippen molar-refractivity contribution < 1.29 is 32.6 Å². The van der Waals surface area contributed by atoms with E-state index in [-0.39, 0.29) is 58.1 Å². The highest BCUT2D eigenvalue weighted by molar-refractivity contribution is 6.04. The Kier molecular flexibility index (Phi) is 6.41. The van der Waals surface area contributed by atoms with Crippen LogP contribution in [0.2, 0.25) is 0 Å². The third-order valence-corrected chi connectivity index (χ3v) is 5.79. The number of alkyl halides is 3. The molecule has 1 fully saturated rings. The normalized spacial score (nSPS) is 14.6. The number of pyridine rings is 1. The molecule has 2 aromatic heterocycles. The molecule has 186 valence electrons. The molecule has 1 amide bonds. The van der Waals surface area contributed by atoms with Gasteiger partial charge in [-0.15, -0.1) is 0 Å². The first-order valence-corrected chi connectivity index (χ1v) is 10.9. The van der Waals surface area contributed by atoms with E-state index in [1.807, 2.05) is 0 Å². The zero-order valence-corrected chi connectivity index (χ0v) is 19.2. The van der Waals surface area contributed by atoms with Crippen molar-refractivity contribution >= 4 is 39.9 Å². The number of rotatable bonds is 8. The van der Waals surface area contributed by atoms with Crippen LogP contribution in [0.3, 0.4) is 0 Å². The van der Waals surface area contributed by atoms with Crippen molar-refractivity contribution in [2.24, 2.45) is 13.0 Å². The van der Waals surface area contributed by atoms with Crippen LogP contribution >= 0.6 is 0 Å². The summed E-state index contributed by atoms with van der Waals surface area (Å²) in [5, 5.41) is 20.1. The highest BCUT2D eigenvalue weighted by atomic mass is 19.4. The minimum Gasteiger partial charge on any atom is -0.496 e. The summed E-state index contributed by atoms with van der Waals surface area (Å²) in [6.07, 6.45) is -4.56. The molecule has 3 N–H and O–H groups in total. The molecule has 1 saturated carbocycles. The van der Waals surface area contributed by atoms with Crippen molar-refractivity contribution in [2.75, 3.05) is 17.7 Å². The number of ketones is 1. The van der Waals surface area contributed by atoms with Gasteiger partial charge in [-0.25, -0.2) is 4.98 Å². The number of aliphatic hydroxyl groups is 1. The number of benzene rings is 1. The van der Waals surface area contributed by atoms with Gasteiger partial charge in [-0.2, -0.15) is 18.3 Å². The Labute approximate surface area is 198 Å². The van der Waals surface area contributed by atoms with Crippen LogP contribution in [0.1, 0.15) is 48.2 Å². The summed E-state index contributed by atoms with van der Waals surface area (Å²) >= 11 is 0. The predicted molar refractivity (Wildman–Crippen MR) is 122 cm³/mol. The molecule has 1 aliphatic carbocycles. The van der Waals surface area contributed by atoms with Crippen molar-refractivity contribution in [3.8, 4) is 5.75 Å². The van der Waals surface area contributed by atoms with Crippen LogP contribution in [-0.4, -0.2) is 44.8 Å². The Bertz CT molecular complexity index is 1300. The van der Waals surface area contributed by atoms with Gasteiger partial charge < -0.3 is 20.5 Å². The quantitative estimate of drug-likeness (QED) is 0.403. The Morgan fingerprint density at radius 3 is 2.63 bits per heavy atom. The first-order valence-electron chi connectivity index (χ1n) is 10.9. The average molecular weight is 491 g/mol. The van der Waals surface area contributed by atoms with Crippen LogP contribution < -0.4 is 15.4 Å². The molecule has 4 rings (SSSR count). The van der Waals surface area contributed by atoms with Gasteiger partial charge in [0.15, 0.2) is 17.7 Å². The van der Waals surface area contributed by atoms with Gasteiger partial charge in [0.05, 0.1) is 29.3 Å². The summed E-state index contributed by atoms with van der Waals surface area (Å²) in [6, 6.07) is 4.01. The standard InChI is InChI=1S/C23H24F3N5O4/c1-4-16(32)13-10-27-17(29-22(34)11-5-6-11)9-14(13)28-21-18-15(31(2)30-21)8-7-12(19(18)35-3)20(33)23(24,25)26/h7-11,20,33H,4-6H2,1-3H3,(H2,27,28,29,30,34). The molecule has 0 spiro atoms. The molecule has 0 bridgehead atoms. The number of nitrogens with zero attached hydrogens (tertiary/aromatic N) is 3. The van der Waals surface area contributed by atoms with E-state index in [0.717, 1.165) is 18.9 Å². The highest BCUT2D eigenvalue weighted by Gasteiger charge is 2.41. The molecule has 0 radical (unpaired) electrons. The number of carbonyl (C=O) groups is 2. The van der Waals surface area contributed by atoms with Crippen molar-refractivity contribution in [1.82, 2.24) is 14.8 Å². The number of amides is 1. The summed E-state index contributed by atoms with van der Waals surface area (Å²) < 4.78 is 46.5. The summed E-state index contributed by atoms with van der Waals surface area (Å²) in [4.78, 5) is 28.9. The van der Waals surface area contributed by atoms with Crippen LogP contribution in [0.25, 0.3) is 10.9 Å². The SMILES string of the molecule is CCC(=O)c1cnc(NC(=O)C2CC2)cc1Nc1nn(C)c2ccc(C(O)C(F)(F)F)c(OC)c12. The van der Waals surface area contributed by atoms with E-state index in [1.54, 1.807) is 14.0 Å². The van der Waals surface area contributed by atoms with E-state index in [0.29, 0.717) is 5.52 Å². The van der Waals surface area contributed by atoms with Crippen LogP contribution in [0.5, 0.6) is 5.75 Å². The molecule has 1 atom stereocenters. The number of hydrogen-bond acceptors (Lipinski definition) is 7. The third-order valence-electron chi connectivity index (χ3n) is 5.79. The first kappa shape index (κ1) is 24.5. The number of hydrogen-bond donors (Lipinski definition) is 3. The lowest BCUT2D eigenvalue weighted by Crippen LogP contribution is -2.20. The Morgan fingerprint density at radius 1 is 1.31 bits per heavy atom. The number of Topliss-reactive ketones (excluding diaryl/α,β-unsaturated/α-hetero) is 1. The summed E-state index contributed by atoms with van der Waals surface area (Å²) in [5.41, 5.74) is 0.450. The fraction of sp³-hybridized carbons (Fsp3) is 0.391. The van der Waals surface area contributed by atoms with Crippen molar-refractivity contribution in [3.63, 3.8) is 0 Å². The fourth-order valence-electron chi connectivity index (χ4n) is 3.78. The lowest BCUT2D eigenvalue weighted by molar-refractivity contribution is -0.207. The zero-order chi connectivity index (χ0) is 25.5. The molecule has 0 saturated heterocycles. The van der Waals surface area contributed by atoms with Crippen LogP contribution in [0.15, 0.2) is 24.4 Å². The van der Waals surface area contributed by atoms with Crippen molar-refractivity contribution in [3.05, 3.63) is 35.5 Å². The molecular weight excluding hydrogens is 467 g/mol. The zero-order valence-electron chi connectivity index (χ0n) is 19.2. The second-order valence-corrected chi connectivity index (χ2v) is 8.28. The second kappa shape index (κ2) is 9.17. The van der Waals surface area contributed by atoms with Gasteiger partial charge in [-0.05, 0) is 18.9 Å². The van der Waals surface area contributed by atoms with Gasteiger partial charge in [0.2, 0.25) is 5.91 Å². The average Bonchev–Trinajstić information content (AvgIpc) is 3.62. The number of methoxy groups -OCH3 is 1. The lowest BCUT2D eigenvalue weighted by atomic mass is 10.0. The summed E-state index contributed by atoms with van der Waals surface area (Å²) in [7, 11) is 2.79. The van der Waals surface area contributed by atoms with Crippen LogP contribution in [-0.2, 0) is 11.8 Å².